The number of nitrogens with zero attached hydrogens (tertiary/aromatic N) is 5. The van der Waals surface area contributed by atoms with E-state index in [4.69, 9.17) is 26.8 Å². The van der Waals surface area contributed by atoms with Crippen LogP contribution in [0.3, 0.4) is 0 Å². The van der Waals surface area contributed by atoms with Gasteiger partial charge >= 0.3 is 24.3 Å². The molecule has 1 atom stereocenters. The van der Waals surface area contributed by atoms with Crippen molar-refractivity contribution in [2.75, 3.05) is 83.1 Å². The number of urea groups is 1. The van der Waals surface area contributed by atoms with Gasteiger partial charge in [-0.25, -0.2) is 9.59 Å². The molecule has 17 heteroatoms. The predicted molar refractivity (Wildman–Crippen MR) is 200 cm³/mol. The Balaban J connectivity index is 1.09. The molecule has 4 aliphatic heterocycles. The lowest BCUT2D eigenvalue weighted by Gasteiger charge is -2.43. The van der Waals surface area contributed by atoms with E-state index in [1.165, 1.54) is 11.0 Å². The molecule has 0 spiro atoms. The maximum absolute atomic E-state index is 14.1. The van der Waals surface area contributed by atoms with Crippen LogP contribution in [0.4, 0.5) is 34.1 Å². The van der Waals surface area contributed by atoms with Crippen LogP contribution in [0.15, 0.2) is 36.4 Å². The highest BCUT2D eigenvalue weighted by atomic mass is 35.5. The third-order valence-electron chi connectivity index (χ3n) is 11.1. The number of piperazine rings is 1. The Hall–Kier alpha value is -4.28. The fourth-order valence-corrected chi connectivity index (χ4v) is 8.29. The number of esters is 1. The highest BCUT2D eigenvalue weighted by Crippen LogP contribution is 2.38. The lowest BCUT2D eigenvalue weighted by atomic mass is 9.99. The minimum absolute atomic E-state index is 0.0557. The number of likely N-dealkylation sites (tertiary alicyclic amines) is 2. The standard InChI is InChI=1S/C38H49ClF3N7O6/c1-2-54-33(50)24-45-17-19-46(20-18-45)27-8-12-47(13-9-27)35(51)32(23-25-21-29(38(40,41)42)34(43)30(39)22-25)55-37(53)48-14-10-28(11-15-48)49-16-7-26-5-3-4-6-31(26)44-36(49)52/h3-6,21-22,27-28,32H,2,7-20,23-24,43H2,1H3,(H,44,52)/t32-/m1/s1. The van der Waals surface area contributed by atoms with E-state index in [9.17, 15) is 32.3 Å². The van der Waals surface area contributed by atoms with Crippen LogP contribution in [-0.2, 0) is 38.1 Å². The largest absolute Gasteiger partial charge is 0.465 e. The van der Waals surface area contributed by atoms with Crippen molar-refractivity contribution >= 4 is 47.0 Å². The van der Waals surface area contributed by atoms with Crippen LogP contribution < -0.4 is 11.1 Å². The molecule has 0 aliphatic carbocycles. The van der Waals surface area contributed by atoms with Crippen molar-refractivity contribution in [3.63, 3.8) is 0 Å². The Kier molecular flexibility index (Phi) is 13.0. The van der Waals surface area contributed by atoms with Gasteiger partial charge in [0.1, 0.15) is 0 Å². The number of carbonyl (C=O) groups excluding carboxylic acids is 4. The van der Waals surface area contributed by atoms with E-state index in [0.717, 1.165) is 43.5 Å². The summed E-state index contributed by atoms with van der Waals surface area (Å²) in [5, 5.41) is 2.67. The van der Waals surface area contributed by atoms with E-state index >= 15 is 0 Å². The second-order valence-corrected chi connectivity index (χ2v) is 14.9. The average molecular weight is 792 g/mol. The van der Waals surface area contributed by atoms with E-state index in [2.05, 4.69) is 15.1 Å². The summed E-state index contributed by atoms with van der Waals surface area (Å²) in [6.45, 7) is 7.17. The van der Waals surface area contributed by atoms with E-state index in [-0.39, 0.29) is 60.7 Å². The van der Waals surface area contributed by atoms with Gasteiger partial charge in [0, 0.05) is 83.1 Å². The average Bonchev–Trinajstić information content (AvgIpc) is 3.33. The maximum atomic E-state index is 14.1. The number of piperidine rings is 2. The molecule has 4 aliphatic rings. The fraction of sp³-hybridized carbons (Fsp3) is 0.579. The van der Waals surface area contributed by atoms with Gasteiger partial charge in [0.2, 0.25) is 0 Å². The van der Waals surface area contributed by atoms with Crippen LogP contribution in [0.2, 0.25) is 5.02 Å². The van der Waals surface area contributed by atoms with Crippen molar-refractivity contribution in [1.29, 1.82) is 0 Å². The van der Waals surface area contributed by atoms with Crippen molar-refractivity contribution < 1.29 is 41.8 Å². The number of fused-ring (bicyclic) bond motifs is 1. The first-order valence-electron chi connectivity index (χ1n) is 19.0. The van der Waals surface area contributed by atoms with Crippen LogP contribution >= 0.6 is 11.6 Å². The van der Waals surface area contributed by atoms with Gasteiger partial charge in [0.25, 0.3) is 5.91 Å². The summed E-state index contributed by atoms with van der Waals surface area (Å²) >= 11 is 6.13. The molecule has 4 amide bonds. The number of halogens is 4. The summed E-state index contributed by atoms with van der Waals surface area (Å²) in [4.78, 5) is 62.1. The molecule has 6 rings (SSSR count). The molecule has 0 radical (unpaired) electrons. The van der Waals surface area contributed by atoms with Crippen molar-refractivity contribution in [2.24, 2.45) is 0 Å². The van der Waals surface area contributed by atoms with Crippen LogP contribution in [0.1, 0.15) is 49.3 Å². The van der Waals surface area contributed by atoms with Crippen molar-refractivity contribution in [1.82, 2.24) is 24.5 Å². The van der Waals surface area contributed by atoms with Gasteiger partial charge in [0.15, 0.2) is 6.10 Å². The monoisotopic (exact) mass is 791 g/mol. The number of nitrogen functional groups attached to an aromatic ring is 1. The number of anilines is 2. The number of para-hydroxylation sites is 1. The molecule has 4 heterocycles. The molecule has 0 aromatic heterocycles. The van der Waals surface area contributed by atoms with Gasteiger partial charge in [-0.15, -0.1) is 0 Å². The Morgan fingerprint density at radius 1 is 0.927 bits per heavy atom. The fourth-order valence-electron chi connectivity index (χ4n) is 8.05. The first-order valence-corrected chi connectivity index (χ1v) is 19.4. The molecule has 300 valence electrons. The first-order chi connectivity index (χ1) is 26.3. The van der Waals surface area contributed by atoms with Gasteiger partial charge < -0.3 is 35.2 Å². The number of hydrogen-bond donors (Lipinski definition) is 2. The number of rotatable bonds is 9. The predicted octanol–water partition coefficient (Wildman–Crippen LogP) is 4.72. The topological polar surface area (TPSA) is 141 Å². The lowest BCUT2D eigenvalue weighted by Crippen LogP contribution is -2.55. The second kappa shape index (κ2) is 17.7. The van der Waals surface area contributed by atoms with Gasteiger partial charge in [-0.2, -0.15) is 13.2 Å². The zero-order valence-electron chi connectivity index (χ0n) is 31.0. The number of nitrogens with two attached hydrogens (primary N) is 1. The van der Waals surface area contributed by atoms with Crippen LogP contribution in [0, 0.1) is 0 Å². The molecular formula is C38H49ClF3N7O6. The van der Waals surface area contributed by atoms with Crippen molar-refractivity contribution in [3.8, 4) is 0 Å². The van der Waals surface area contributed by atoms with Crippen LogP contribution in [0.25, 0.3) is 0 Å². The zero-order chi connectivity index (χ0) is 39.3. The summed E-state index contributed by atoms with van der Waals surface area (Å²) in [6, 6.07) is 9.67. The number of amides is 4. The van der Waals surface area contributed by atoms with E-state index in [0.29, 0.717) is 58.3 Å². The van der Waals surface area contributed by atoms with Crippen LogP contribution in [0.5, 0.6) is 0 Å². The smallest absolute Gasteiger partial charge is 0.418 e. The molecule has 3 N–H and O–H groups in total. The van der Waals surface area contributed by atoms with Gasteiger partial charge in [0.05, 0.1) is 29.4 Å². The van der Waals surface area contributed by atoms with E-state index in [1.807, 2.05) is 24.3 Å². The minimum atomic E-state index is -4.79. The third-order valence-corrected chi connectivity index (χ3v) is 11.4. The van der Waals surface area contributed by atoms with Crippen LogP contribution in [-0.4, -0.2) is 139 Å². The second-order valence-electron chi connectivity index (χ2n) is 14.5. The summed E-state index contributed by atoms with van der Waals surface area (Å²) < 4.78 is 52.5. The number of carbonyl (C=O) groups is 4. The first kappa shape index (κ1) is 40.4. The van der Waals surface area contributed by atoms with Crippen molar-refractivity contribution in [2.45, 2.75) is 69.8 Å². The zero-order valence-corrected chi connectivity index (χ0v) is 31.7. The number of alkyl halides is 3. The Bertz CT molecular complexity index is 1710. The lowest BCUT2D eigenvalue weighted by molar-refractivity contribution is -0.145. The Morgan fingerprint density at radius 2 is 1.58 bits per heavy atom. The summed E-state index contributed by atoms with van der Waals surface area (Å²) in [5.74, 6) is -0.741. The molecule has 0 unspecified atom stereocenters. The number of benzene rings is 2. The maximum Gasteiger partial charge on any atom is 0.418 e. The quantitative estimate of drug-likeness (QED) is 0.273. The number of hydrogen-bond acceptors (Lipinski definition) is 9. The summed E-state index contributed by atoms with van der Waals surface area (Å²) in [6.07, 6.45) is -4.28. The highest BCUT2D eigenvalue weighted by Gasteiger charge is 2.38. The molecule has 0 bridgehead atoms. The molecule has 55 heavy (non-hydrogen) atoms. The third kappa shape index (κ3) is 9.94. The molecular weight excluding hydrogens is 743 g/mol. The molecule has 0 saturated carbocycles. The minimum Gasteiger partial charge on any atom is -0.465 e. The molecule has 3 saturated heterocycles. The number of ether oxygens (including phenoxy) is 2. The highest BCUT2D eigenvalue weighted by molar-refractivity contribution is 6.33. The molecule has 13 nitrogen and oxygen atoms in total. The summed E-state index contributed by atoms with van der Waals surface area (Å²) in [7, 11) is 0. The van der Waals surface area contributed by atoms with Crippen molar-refractivity contribution in [3.05, 3.63) is 58.1 Å². The molecule has 3 fully saturated rings. The van der Waals surface area contributed by atoms with E-state index < -0.39 is 35.5 Å². The Morgan fingerprint density at radius 3 is 2.25 bits per heavy atom. The van der Waals surface area contributed by atoms with E-state index in [1.54, 1.807) is 16.7 Å². The molecule has 2 aromatic rings. The normalized spacial score (nSPS) is 20.0. The SMILES string of the molecule is CCOC(=O)CN1CCN(C2CCN(C(=O)[C@@H](Cc3cc(Cl)c(N)c(C(F)(F)F)c3)OC(=O)N3CCC(N4CCc5ccccc5NC4=O)CC3)CC2)CC1. The van der Waals surface area contributed by atoms with Gasteiger partial charge in [-0.3, -0.25) is 19.4 Å². The number of nitrogens with one attached hydrogen (secondary N) is 1. The Labute approximate surface area is 323 Å². The molecule has 2 aromatic carbocycles. The summed E-state index contributed by atoms with van der Waals surface area (Å²) in [5.41, 5.74) is 5.81. The van der Waals surface area contributed by atoms with Gasteiger partial charge in [-0.05, 0) is 68.4 Å². The van der Waals surface area contributed by atoms with Gasteiger partial charge in [-0.1, -0.05) is 29.8 Å².